The number of carbonyl (C=O) groups excluding carboxylic acids is 2. The molecule has 0 fully saturated rings. The van der Waals surface area contributed by atoms with Crippen LogP contribution in [0, 0.1) is 0 Å². The number of phenols is 2. The minimum Gasteiger partial charge on any atom is -0.506 e. The van der Waals surface area contributed by atoms with E-state index in [0.29, 0.717) is 35.3 Å². The number of hydrogen-bond acceptors (Lipinski definition) is 6. The van der Waals surface area contributed by atoms with Crippen molar-refractivity contribution in [1.29, 1.82) is 0 Å². The summed E-state index contributed by atoms with van der Waals surface area (Å²) in [5.41, 5.74) is 2.28. The van der Waals surface area contributed by atoms with Crippen molar-refractivity contribution in [1.82, 2.24) is 0 Å². The number of hydrogen-bond donors (Lipinski definition) is 2. The molecule has 2 N–H and O–H groups in total. The smallest absolute Gasteiger partial charge is 0.196 e. The number of aromatic hydroxyl groups is 2. The molecule has 0 unspecified atom stereocenters. The molecular formula is C30H24N2NiO4. The van der Waals surface area contributed by atoms with Gasteiger partial charge in [-0.15, -0.1) is 0 Å². The van der Waals surface area contributed by atoms with Gasteiger partial charge in [-0.05, 0) is 24.3 Å². The van der Waals surface area contributed by atoms with Crippen LogP contribution in [0.1, 0.15) is 43.0 Å². The first-order chi connectivity index (χ1) is 17.6. The molecule has 0 heterocycles. The maximum Gasteiger partial charge on any atom is 0.196 e. The number of ketones is 2. The number of nitrogens with zero attached hydrogens (tertiary/aromatic N) is 2. The van der Waals surface area contributed by atoms with Gasteiger partial charge >= 0.3 is 0 Å². The minimum atomic E-state index is -0.263. The summed E-state index contributed by atoms with van der Waals surface area (Å²) in [6.45, 7) is 0.659. The maximum absolute atomic E-state index is 12.7. The maximum atomic E-state index is 12.7. The van der Waals surface area contributed by atoms with Crippen LogP contribution in [-0.4, -0.2) is 47.3 Å². The van der Waals surface area contributed by atoms with Gasteiger partial charge in [0.05, 0.1) is 24.2 Å². The van der Waals surface area contributed by atoms with Crippen LogP contribution >= 0.6 is 0 Å². The molecule has 0 aliphatic carbocycles. The second-order valence-corrected chi connectivity index (χ2v) is 7.95. The Kier molecular flexibility index (Phi) is 9.64. The number of phenolic OH excluding ortho intramolecular Hbond substituents is 2. The molecular weight excluding hydrogens is 511 g/mol. The third-order valence-electron chi connectivity index (χ3n) is 5.51. The predicted molar refractivity (Wildman–Crippen MR) is 141 cm³/mol. The zero-order valence-corrected chi connectivity index (χ0v) is 20.7. The van der Waals surface area contributed by atoms with E-state index in [0.717, 1.165) is 0 Å². The van der Waals surface area contributed by atoms with E-state index in [1.54, 1.807) is 84.9 Å². The second kappa shape index (κ2) is 13.1. The molecule has 4 rings (SSSR count). The van der Waals surface area contributed by atoms with Crippen LogP contribution < -0.4 is 0 Å². The first-order valence-electron chi connectivity index (χ1n) is 11.4. The van der Waals surface area contributed by atoms with Gasteiger partial charge < -0.3 is 10.2 Å². The fourth-order valence-corrected chi connectivity index (χ4v) is 3.63. The second-order valence-electron chi connectivity index (χ2n) is 7.95. The van der Waals surface area contributed by atoms with Gasteiger partial charge in [-0.3, -0.25) is 19.6 Å². The standard InChI is InChI=1S/C30H24N2O4.Ni/c33-27(21-9-3-1-4-10-21)25-15-7-13-23(29(25)35)19-31-17-18-32-20-24-14-8-16-26(30(24)36)28(34)22-11-5-2-6-12-22;/h1-16,19-20,35-36H,17-18H2;. The van der Waals surface area contributed by atoms with Crippen molar-refractivity contribution >= 4 is 24.0 Å². The van der Waals surface area contributed by atoms with Crippen LogP contribution in [0.15, 0.2) is 107 Å². The van der Waals surface area contributed by atoms with Crippen LogP contribution in [-0.2, 0) is 16.5 Å². The number of rotatable bonds is 9. The number of para-hydroxylation sites is 2. The van der Waals surface area contributed by atoms with Gasteiger partial charge in [0.2, 0.25) is 0 Å². The summed E-state index contributed by atoms with van der Waals surface area (Å²) in [6, 6.07) is 27.4. The Balaban J connectivity index is 0.00000380. The van der Waals surface area contributed by atoms with Gasteiger partial charge in [0, 0.05) is 51.2 Å². The average Bonchev–Trinajstić information content (AvgIpc) is 2.92. The van der Waals surface area contributed by atoms with E-state index in [9.17, 15) is 19.8 Å². The van der Waals surface area contributed by atoms with Gasteiger partial charge in [-0.1, -0.05) is 72.8 Å². The van der Waals surface area contributed by atoms with E-state index in [-0.39, 0.29) is 50.7 Å². The van der Waals surface area contributed by atoms with Crippen LogP contribution in [0.25, 0.3) is 0 Å². The van der Waals surface area contributed by atoms with Crippen LogP contribution in [0.2, 0.25) is 0 Å². The molecule has 0 spiro atoms. The topological polar surface area (TPSA) is 99.3 Å². The molecule has 0 saturated heterocycles. The van der Waals surface area contributed by atoms with E-state index >= 15 is 0 Å². The summed E-state index contributed by atoms with van der Waals surface area (Å²) in [5, 5.41) is 21.1. The zero-order valence-electron chi connectivity index (χ0n) is 19.7. The largest absolute Gasteiger partial charge is 0.506 e. The number of benzene rings is 4. The third kappa shape index (κ3) is 6.66. The van der Waals surface area contributed by atoms with Gasteiger partial charge in [-0.25, -0.2) is 0 Å². The Hall–Kier alpha value is -4.35. The number of aliphatic imine (C=N–C) groups is 2. The van der Waals surface area contributed by atoms with Crippen LogP contribution in [0.3, 0.4) is 0 Å². The van der Waals surface area contributed by atoms with Crippen LogP contribution in [0.5, 0.6) is 11.5 Å². The van der Waals surface area contributed by atoms with Gasteiger partial charge in [-0.2, -0.15) is 0 Å². The van der Waals surface area contributed by atoms with E-state index < -0.39 is 0 Å². The summed E-state index contributed by atoms with van der Waals surface area (Å²) in [4.78, 5) is 33.9. The molecule has 37 heavy (non-hydrogen) atoms. The van der Waals surface area contributed by atoms with Crippen molar-refractivity contribution in [2.45, 2.75) is 0 Å². The van der Waals surface area contributed by atoms with E-state index in [1.165, 1.54) is 12.4 Å². The fourth-order valence-electron chi connectivity index (χ4n) is 3.63. The summed E-state index contributed by atoms with van der Waals surface area (Å²) >= 11 is 0. The molecule has 0 bridgehead atoms. The quantitative estimate of drug-likeness (QED) is 0.135. The van der Waals surface area contributed by atoms with Gasteiger partial charge in [0.15, 0.2) is 11.6 Å². The van der Waals surface area contributed by atoms with E-state index in [1.807, 2.05) is 12.1 Å². The molecule has 4 aromatic rings. The Morgan fingerprint density at radius 1 is 0.568 bits per heavy atom. The number of carbonyl (C=O) groups is 2. The zero-order chi connectivity index (χ0) is 25.3. The van der Waals surface area contributed by atoms with Crippen molar-refractivity contribution in [3.63, 3.8) is 0 Å². The minimum absolute atomic E-state index is 0. The molecule has 6 nitrogen and oxygen atoms in total. The van der Waals surface area contributed by atoms with Gasteiger partial charge in [0.1, 0.15) is 11.5 Å². The normalized spacial score (nSPS) is 10.9. The Morgan fingerprint density at radius 2 is 0.946 bits per heavy atom. The molecule has 0 saturated carbocycles. The van der Waals surface area contributed by atoms with Crippen molar-refractivity contribution in [3.8, 4) is 11.5 Å². The molecule has 0 aromatic heterocycles. The molecule has 7 heteroatoms. The molecule has 0 aliphatic rings. The Bertz CT molecular complexity index is 1320. The molecule has 0 aliphatic heterocycles. The first kappa shape index (κ1) is 27.2. The monoisotopic (exact) mass is 534 g/mol. The molecule has 4 aromatic carbocycles. The summed E-state index contributed by atoms with van der Waals surface area (Å²) < 4.78 is 0. The summed E-state index contributed by atoms with van der Waals surface area (Å²) in [6.07, 6.45) is 3.01. The fraction of sp³-hybridized carbons (Fsp3) is 0.0667. The van der Waals surface area contributed by atoms with Crippen molar-refractivity contribution in [3.05, 3.63) is 130 Å². The van der Waals surface area contributed by atoms with Crippen molar-refractivity contribution < 1.29 is 36.3 Å². The molecule has 0 radical (unpaired) electrons. The average molecular weight is 535 g/mol. The Morgan fingerprint density at radius 3 is 1.32 bits per heavy atom. The summed E-state index contributed by atoms with van der Waals surface area (Å²) in [7, 11) is 0. The van der Waals surface area contributed by atoms with Crippen LogP contribution in [0.4, 0.5) is 0 Å². The van der Waals surface area contributed by atoms with Crippen molar-refractivity contribution in [2.24, 2.45) is 9.98 Å². The predicted octanol–water partition coefficient (Wildman–Crippen LogP) is 5.10. The molecule has 0 amide bonds. The molecule has 0 atom stereocenters. The van der Waals surface area contributed by atoms with E-state index in [2.05, 4.69) is 9.98 Å². The van der Waals surface area contributed by atoms with Gasteiger partial charge in [0.25, 0.3) is 0 Å². The third-order valence-corrected chi connectivity index (χ3v) is 5.51. The SMILES string of the molecule is O=C(c1ccccc1)c1cccc(C=NCCN=Cc2cccc(C(=O)c3ccccc3)c2O)c1O.[Ni]. The first-order valence-corrected chi connectivity index (χ1v) is 11.4. The van der Waals surface area contributed by atoms with E-state index in [4.69, 9.17) is 0 Å². The molecule has 188 valence electrons. The Labute approximate surface area is 225 Å². The summed E-state index contributed by atoms with van der Waals surface area (Å²) in [5.74, 6) is -0.770. The van der Waals surface area contributed by atoms with Crippen molar-refractivity contribution in [2.75, 3.05) is 13.1 Å².